The number of methoxy groups -OCH3 is 1. The zero-order chi connectivity index (χ0) is 17.5. The van der Waals surface area contributed by atoms with E-state index < -0.39 is 0 Å². The summed E-state index contributed by atoms with van der Waals surface area (Å²) >= 11 is 1.73. The van der Waals surface area contributed by atoms with Crippen molar-refractivity contribution >= 4 is 35.0 Å². The highest BCUT2D eigenvalue weighted by Gasteiger charge is 2.11. The minimum atomic E-state index is -0.245. The molecule has 5 nitrogen and oxygen atoms in total. The molecule has 0 radical (unpaired) electrons. The molecule has 0 unspecified atom stereocenters. The van der Waals surface area contributed by atoms with Crippen molar-refractivity contribution in [3.63, 3.8) is 0 Å². The molecule has 2 aromatic carbocycles. The van der Waals surface area contributed by atoms with Crippen LogP contribution in [-0.4, -0.2) is 25.2 Å². The molecule has 2 N–H and O–H groups in total. The van der Waals surface area contributed by atoms with Crippen LogP contribution in [0.2, 0.25) is 0 Å². The van der Waals surface area contributed by atoms with Crippen molar-refractivity contribution in [1.29, 1.82) is 0 Å². The molecule has 0 atom stereocenters. The van der Waals surface area contributed by atoms with Gasteiger partial charge in [0.05, 0.1) is 18.5 Å². The van der Waals surface area contributed by atoms with Crippen LogP contribution in [-0.2, 0) is 10.5 Å². The number of carbonyl (C=O) groups excluding carboxylic acids is 2. The Morgan fingerprint density at radius 2 is 1.75 bits per heavy atom. The van der Waals surface area contributed by atoms with Gasteiger partial charge in [0.15, 0.2) is 0 Å². The van der Waals surface area contributed by atoms with E-state index in [1.807, 2.05) is 18.4 Å². The maximum Gasteiger partial charge on any atom is 0.255 e. The van der Waals surface area contributed by atoms with E-state index in [0.29, 0.717) is 22.7 Å². The van der Waals surface area contributed by atoms with Gasteiger partial charge in [-0.15, -0.1) is 0 Å². The monoisotopic (exact) mass is 344 g/mol. The number of amides is 2. The highest BCUT2D eigenvalue weighted by molar-refractivity contribution is 7.97. The number of anilines is 2. The number of thioether (sulfide) groups is 1. The Kier molecular flexibility index (Phi) is 6.26. The number of hydrogen-bond acceptors (Lipinski definition) is 4. The SMILES string of the molecule is COc1ccc(NC(C)=O)c(NC(=O)c2ccc(CSC)cc2)c1. The summed E-state index contributed by atoms with van der Waals surface area (Å²) in [6.45, 7) is 1.42. The Hall–Kier alpha value is -2.47. The third kappa shape index (κ3) is 4.76. The highest BCUT2D eigenvalue weighted by Crippen LogP contribution is 2.27. The average Bonchev–Trinajstić information content (AvgIpc) is 2.57. The fourth-order valence-electron chi connectivity index (χ4n) is 2.17. The molecule has 0 spiro atoms. The lowest BCUT2D eigenvalue weighted by Gasteiger charge is -2.13. The number of rotatable bonds is 6. The van der Waals surface area contributed by atoms with Gasteiger partial charge < -0.3 is 15.4 Å². The number of nitrogens with one attached hydrogen (secondary N) is 2. The fraction of sp³-hybridized carbons (Fsp3) is 0.222. The van der Waals surface area contributed by atoms with Gasteiger partial charge in [-0.2, -0.15) is 11.8 Å². The molecular formula is C18H20N2O3S. The molecule has 2 aromatic rings. The van der Waals surface area contributed by atoms with Crippen molar-refractivity contribution < 1.29 is 14.3 Å². The van der Waals surface area contributed by atoms with Crippen LogP contribution in [0.3, 0.4) is 0 Å². The number of hydrogen-bond donors (Lipinski definition) is 2. The second-order valence-corrected chi connectivity index (χ2v) is 6.04. The molecule has 24 heavy (non-hydrogen) atoms. The third-order valence-corrected chi connectivity index (χ3v) is 3.93. The average molecular weight is 344 g/mol. The van der Waals surface area contributed by atoms with Crippen LogP contribution < -0.4 is 15.4 Å². The van der Waals surface area contributed by atoms with E-state index in [9.17, 15) is 9.59 Å². The van der Waals surface area contributed by atoms with Gasteiger partial charge in [-0.05, 0) is 36.1 Å². The predicted octanol–water partition coefficient (Wildman–Crippen LogP) is 3.77. The number of carbonyl (C=O) groups is 2. The highest BCUT2D eigenvalue weighted by atomic mass is 32.2. The minimum Gasteiger partial charge on any atom is -0.497 e. The van der Waals surface area contributed by atoms with Crippen LogP contribution in [0.1, 0.15) is 22.8 Å². The van der Waals surface area contributed by atoms with Crippen LogP contribution in [0.15, 0.2) is 42.5 Å². The summed E-state index contributed by atoms with van der Waals surface area (Å²) in [6, 6.07) is 12.5. The van der Waals surface area contributed by atoms with Gasteiger partial charge in [0, 0.05) is 24.3 Å². The summed E-state index contributed by atoms with van der Waals surface area (Å²) in [5.41, 5.74) is 2.73. The summed E-state index contributed by atoms with van der Waals surface area (Å²) < 4.78 is 5.18. The first-order chi connectivity index (χ1) is 11.5. The number of benzene rings is 2. The summed E-state index contributed by atoms with van der Waals surface area (Å²) in [6.07, 6.45) is 2.03. The Morgan fingerprint density at radius 1 is 1.04 bits per heavy atom. The van der Waals surface area contributed by atoms with Crippen molar-refractivity contribution in [3.8, 4) is 5.75 Å². The molecule has 0 aliphatic heterocycles. The molecule has 2 rings (SSSR count). The molecule has 0 bridgehead atoms. The normalized spacial score (nSPS) is 10.1. The third-order valence-electron chi connectivity index (χ3n) is 3.31. The van der Waals surface area contributed by atoms with Gasteiger partial charge in [0.2, 0.25) is 5.91 Å². The van der Waals surface area contributed by atoms with Gasteiger partial charge in [-0.3, -0.25) is 9.59 Å². The molecule has 0 aliphatic rings. The molecule has 0 aromatic heterocycles. The van der Waals surface area contributed by atoms with Crippen LogP contribution in [0.4, 0.5) is 11.4 Å². The van der Waals surface area contributed by atoms with Gasteiger partial charge in [-0.25, -0.2) is 0 Å². The van der Waals surface area contributed by atoms with Crippen molar-refractivity contribution in [3.05, 3.63) is 53.6 Å². The minimum absolute atomic E-state index is 0.211. The zero-order valence-corrected chi connectivity index (χ0v) is 14.7. The quantitative estimate of drug-likeness (QED) is 0.837. The van der Waals surface area contributed by atoms with Crippen LogP contribution in [0.5, 0.6) is 5.75 Å². The van der Waals surface area contributed by atoms with Crippen molar-refractivity contribution in [2.45, 2.75) is 12.7 Å². The molecular weight excluding hydrogens is 324 g/mol. The fourth-order valence-corrected chi connectivity index (χ4v) is 2.69. The molecule has 0 heterocycles. The first-order valence-corrected chi connectivity index (χ1v) is 8.77. The smallest absolute Gasteiger partial charge is 0.255 e. The first-order valence-electron chi connectivity index (χ1n) is 7.38. The topological polar surface area (TPSA) is 67.4 Å². The van der Waals surface area contributed by atoms with E-state index >= 15 is 0 Å². The largest absolute Gasteiger partial charge is 0.497 e. The number of ether oxygens (including phenoxy) is 1. The first kappa shape index (κ1) is 17.9. The van der Waals surface area contributed by atoms with Crippen molar-refractivity contribution in [1.82, 2.24) is 0 Å². The lowest BCUT2D eigenvalue weighted by atomic mass is 10.1. The van der Waals surface area contributed by atoms with Crippen molar-refractivity contribution in [2.75, 3.05) is 24.0 Å². The lowest BCUT2D eigenvalue weighted by Crippen LogP contribution is -2.15. The zero-order valence-electron chi connectivity index (χ0n) is 13.9. The van der Waals surface area contributed by atoms with E-state index in [0.717, 1.165) is 5.75 Å². The maximum atomic E-state index is 12.5. The van der Waals surface area contributed by atoms with Crippen LogP contribution in [0.25, 0.3) is 0 Å². The molecule has 6 heteroatoms. The predicted molar refractivity (Wildman–Crippen MR) is 98.9 cm³/mol. The Morgan fingerprint density at radius 3 is 2.33 bits per heavy atom. The molecule has 0 aliphatic carbocycles. The summed E-state index contributed by atoms with van der Waals surface area (Å²) in [5, 5.41) is 5.51. The second kappa shape index (κ2) is 8.40. The molecule has 0 saturated carbocycles. The van der Waals surface area contributed by atoms with Gasteiger partial charge in [-0.1, -0.05) is 12.1 Å². The van der Waals surface area contributed by atoms with Gasteiger partial charge in [0.25, 0.3) is 5.91 Å². The molecule has 0 saturated heterocycles. The van der Waals surface area contributed by atoms with Gasteiger partial charge in [0.1, 0.15) is 5.75 Å². The Labute approximate surface area is 145 Å². The van der Waals surface area contributed by atoms with E-state index in [1.165, 1.54) is 12.5 Å². The standard InChI is InChI=1S/C18H20N2O3S/c1-12(21)19-16-9-8-15(23-2)10-17(16)20-18(22)14-6-4-13(5-7-14)11-24-3/h4-10H,11H2,1-3H3,(H,19,21)(H,20,22). The van der Waals surface area contributed by atoms with E-state index in [-0.39, 0.29) is 11.8 Å². The Balaban J connectivity index is 2.21. The second-order valence-electron chi connectivity index (χ2n) is 5.18. The van der Waals surface area contributed by atoms with E-state index in [1.54, 1.807) is 49.2 Å². The molecule has 2 amide bonds. The molecule has 0 fully saturated rings. The van der Waals surface area contributed by atoms with Gasteiger partial charge >= 0.3 is 0 Å². The molecule has 126 valence electrons. The van der Waals surface area contributed by atoms with E-state index in [4.69, 9.17) is 4.74 Å². The summed E-state index contributed by atoms with van der Waals surface area (Å²) in [5.74, 6) is 1.04. The maximum absolute atomic E-state index is 12.5. The summed E-state index contributed by atoms with van der Waals surface area (Å²) in [4.78, 5) is 23.8. The Bertz CT molecular complexity index is 730. The van der Waals surface area contributed by atoms with E-state index in [2.05, 4.69) is 10.6 Å². The van der Waals surface area contributed by atoms with Crippen LogP contribution in [0, 0.1) is 0 Å². The summed E-state index contributed by atoms with van der Waals surface area (Å²) in [7, 11) is 1.55. The van der Waals surface area contributed by atoms with Crippen molar-refractivity contribution in [2.24, 2.45) is 0 Å². The van der Waals surface area contributed by atoms with Crippen LogP contribution >= 0.6 is 11.8 Å². The lowest BCUT2D eigenvalue weighted by molar-refractivity contribution is -0.114.